The fourth-order valence-electron chi connectivity index (χ4n) is 5.31. The Hall–Kier alpha value is -2.10. The Kier molecular flexibility index (Phi) is 7.10. The van der Waals surface area contributed by atoms with Crippen molar-refractivity contribution in [1.82, 2.24) is 14.7 Å². The molecule has 0 aromatic heterocycles. The summed E-state index contributed by atoms with van der Waals surface area (Å²) in [5.74, 6) is 0. The number of thioether (sulfide) groups is 1. The summed E-state index contributed by atoms with van der Waals surface area (Å²) in [6.07, 6.45) is 2.05. The number of nitrogens with zero attached hydrogens (tertiary/aromatic N) is 3. The Morgan fingerprint density at radius 1 is 0.971 bits per heavy atom. The third-order valence-corrected chi connectivity index (χ3v) is 13.3. The third-order valence-electron chi connectivity index (χ3n) is 7.11. The van der Waals surface area contributed by atoms with Gasteiger partial charge >= 0.3 is 6.03 Å². The van der Waals surface area contributed by atoms with Crippen molar-refractivity contribution in [3.63, 3.8) is 0 Å². The predicted molar refractivity (Wildman–Crippen MR) is 144 cm³/mol. The summed E-state index contributed by atoms with van der Waals surface area (Å²) in [6, 6.07) is 21.7. The number of morpholine rings is 1. The second-order valence-corrected chi connectivity index (χ2v) is 15.6. The van der Waals surface area contributed by atoms with Gasteiger partial charge in [0.15, 0.2) is 0 Å². The number of urea groups is 1. The minimum atomic E-state index is -2.57. The smallest absolute Gasteiger partial charge is 0.326 e. The van der Waals surface area contributed by atoms with Gasteiger partial charge in [-0.1, -0.05) is 93.2 Å². The number of benzene rings is 2. The van der Waals surface area contributed by atoms with E-state index in [1.54, 1.807) is 11.8 Å². The van der Waals surface area contributed by atoms with E-state index in [9.17, 15) is 4.79 Å². The van der Waals surface area contributed by atoms with E-state index >= 15 is 0 Å². The Morgan fingerprint density at radius 3 is 2.09 bits per heavy atom. The highest BCUT2D eigenvalue weighted by atomic mass is 32.2. The molecule has 2 saturated heterocycles. The highest BCUT2D eigenvalue weighted by molar-refractivity contribution is 8.02. The molecular weight excluding hydrogens is 474 g/mol. The van der Waals surface area contributed by atoms with Crippen LogP contribution in [-0.4, -0.2) is 80.0 Å². The molecule has 0 radical (unpaired) electrons. The lowest BCUT2D eigenvalue weighted by Gasteiger charge is -2.51. The molecule has 1 unspecified atom stereocenters. The van der Waals surface area contributed by atoms with Crippen LogP contribution in [0.25, 0.3) is 0 Å². The van der Waals surface area contributed by atoms with Crippen molar-refractivity contribution in [2.24, 2.45) is 0 Å². The standard InChI is InChI=1S/C27H35N3O3SSi/c1-27(2,3)35(23-10-6-4-7-11-23,24-12-8-5-9-13-24)33-22-20-29(21-22)26-30(16-19-34-26)25(31)28-14-17-32-18-15-28/h4-13,16,19,22,26H,14-15,17-18,20-21H2,1-3H3. The maximum Gasteiger partial charge on any atom is 0.326 e. The van der Waals surface area contributed by atoms with E-state index < -0.39 is 8.32 Å². The number of carbonyl (C=O) groups excluding carboxylic acids is 1. The van der Waals surface area contributed by atoms with Crippen LogP contribution in [0.5, 0.6) is 0 Å². The van der Waals surface area contributed by atoms with Crippen LogP contribution in [0.3, 0.4) is 0 Å². The second-order valence-electron chi connectivity index (χ2n) is 10.4. The molecule has 2 fully saturated rings. The number of hydrogen-bond acceptors (Lipinski definition) is 5. The number of carbonyl (C=O) groups is 1. The zero-order chi connectivity index (χ0) is 24.5. The average molecular weight is 510 g/mol. The molecule has 8 heteroatoms. The molecule has 3 aliphatic rings. The van der Waals surface area contributed by atoms with Crippen molar-refractivity contribution in [1.29, 1.82) is 0 Å². The largest absolute Gasteiger partial charge is 0.402 e. The summed E-state index contributed by atoms with van der Waals surface area (Å²) < 4.78 is 12.7. The highest BCUT2D eigenvalue weighted by Crippen LogP contribution is 2.40. The van der Waals surface area contributed by atoms with Gasteiger partial charge in [0.25, 0.3) is 8.32 Å². The first-order valence-electron chi connectivity index (χ1n) is 12.4. The van der Waals surface area contributed by atoms with Crippen LogP contribution in [0.2, 0.25) is 5.04 Å². The summed E-state index contributed by atoms with van der Waals surface area (Å²) in [4.78, 5) is 19.3. The van der Waals surface area contributed by atoms with Gasteiger partial charge in [0.2, 0.25) is 0 Å². The number of ether oxygens (including phenoxy) is 1. The van der Waals surface area contributed by atoms with Crippen LogP contribution in [-0.2, 0) is 9.16 Å². The predicted octanol–water partition coefficient (Wildman–Crippen LogP) is 3.50. The monoisotopic (exact) mass is 509 g/mol. The lowest BCUT2D eigenvalue weighted by Crippen LogP contribution is -2.71. The van der Waals surface area contributed by atoms with Gasteiger partial charge in [-0.15, -0.1) is 0 Å². The molecule has 6 nitrogen and oxygen atoms in total. The van der Waals surface area contributed by atoms with Crippen molar-refractivity contribution >= 4 is 36.5 Å². The number of likely N-dealkylation sites (tertiary alicyclic amines) is 1. The molecule has 5 rings (SSSR count). The summed E-state index contributed by atoms with van der Waals surface area (Å²) in [7, 11) is -2.57. The molecule has 35 heavy (non-hydrogen) atoms. The molecule has 2 aromatic rings. The van der Waals surface area contributed by atoms with Gasteiger partial charge < -0.3 is 14.1 Å². The van der Waals surface area contributed by atoms with Gasteiger partial charge in [-0.05, 0) is 20.8 Å². The van der Waals surface area contributed by atoms with E-state index in [-0.39, 0.29) is 22.7 Å². The molecule has 0 spiro atoms. The van der Waals surface area contributed by atoms with Crippen LogP contribution in [0.15, 0.2) is 72.3 Å². The van der Waals surface area contributed by atoms with Gasteiger partial charge in [0.1, 0.15) is 5.50 Å². The summed E-state index contributed by atoms with van der Waals surface area (Å²) in [5, 5.41) is 4.59. The van der Waals surface area contributed by atoms with Crippen molar-refractivity contribution in [2.45, 2.75) is 37.4 Å². The van der Waals surface area contributed by atoms with Crippen molar-refractivity contribution in [3.8, 4) is 0 Å². The molecule has 0 saturated carbocycles. The zero-order valence-corrected chi connectivity index (χ0v) is 22.6. The molecule has 3 heterocycles. The van der Waals surface area contributed by atoms with E-state index in [0.717, 1.165) is 13.1 Å². The van der Waals surface area contributed by atoms with Crippen LogP contribution in [0.4, 0.5) is 4.79 Å². The fourth-order valence-corrected chi connectivity index (χ4v) is 11.0. The molecule has 2 amide bonds. The van der Waals surface area contributed by atoms with Crippen molar-refractivity contribution in [2.75, 3.05) is 39.4 Å². The molecule has 186 valence electrons. The van der Waals surface area contributed by atoms with Gasteiger partial charge in [-0.3, -0.25) is 9.80 Å². The maximum atomic E-state index is 13.1. The Balaban J connectivity index is 1.34. The first-order valence-corrected chi connectivity index (χ1v) is 15.3. The number of amides is 2. The SMILES string of the molecule is CC(C)(C)[Si](OC1CN(C2SC=CN2C(=O)N2CCOCC2)C1)(c1ccccc1)c1ccccc1. The first kappa shape index (κ1) is 24.6. The lowest BCUT2D eigenvalue weighted by atomic mass is 10.2. The number of hydrogen-bond donors (Lipinski definition) is 0. The molecule has 3 aliphatic heterocycles. The Morgan fingerprint density at radius 2 is 1.54 bits per heavy atom. The second kappa shape index (κ2) is 10.1. The normalized spacial score (nSPS) is 21.9. The van der Waals surface area contributed by atoms with E-state index in [1.165, 1.54) is 10.4 Å². The van der Waals surface area contributed by atoms with Crippen LogP contribution in [0.1, 0.15) is 20.8 Å². The first-order chi connectivity index (χ1) is 16.9. The van der Waals surface area contributed by atoms with Crippen LogP contribution in [0, 0.1) is 0 Å². The Bertz CT molecular complexity index is 995. The van der Waals surface area contributed by atoms with Crippen LogP contribution < -0.4 is 10.4 Å². The van der Waals surface area contributed by atoms with Crippen molar-refractivity contribution < 1.29 is 14.0 Å². The van der Waals surface area contributed by atoms with E-state index in [0.29, 0.717) is 26.3 Å². The quantitative estimate of drug-likeness (QED) is 0.578. The average Bonchev–Trinajstić information content (AvgIpc) is 3.33. The summed E-state index contributed by atoms with van der Waals surface area (Å²) >= 11 is 1.69. The van der Waals surface area contributed by atoms with Crippen molar-refractivity contribution in [3.05, 3.63) is 72.3 Å². The zero-order valence-electron chi connectivity index (χ0n) is 20.8. The van der Waals surface area contributed by atoms with Gasteiger partial charge in [-0.25, -0.2) is 4.79 Å². The molecule has 2 aromatic carbocycles. The summed E-state index contributed by atoms with van der Waals surface area (Å²) in [5.41, 5.74) is -0.00986. The molecule has 0 N–H and O–H groups in total. The number of rotatable bonds is 5. The van der Waals surface area contributed by atoms with E-state index in [1.807, 2.05) is 21.4 Å². The molecule has 0 bridgehead atoms. The highest BCUT2D eigenvalue weighted by Gasteiger charge is 2.53. The fraction of sp³-hybridized carbons (Fsp3) is 0.444. The third kappa shape index (κ3) is 4.70. The maximum absolute atomic E-state index is 13.1. The molecule has 0 aliphatic carbocycles. The van der Waals surface area contributed by atoms with Crippen LogP contribution >= 0.6 is 11.8 Å². The van der Waals surface area contributed by atoms with Gasteiger partial charge in [-0.2, -0.15) is 0 Å². The minimum Gasteiger partial charge on any atom is -0.402 e. The Labute approximate surface area is 214 Å². The topological polar surface area (TPSA) is 45.2 Å². The summed E-state index contributed by atoms with van der Waals surface area (Å²) in [6.45, 7) is 11.1. The minimum absolute atomic E-state index is 0.00986. The lowest BCUT2D eigenvalue weighted by molar-refractivity contribution is -0.0209. The van der Waals surface area contributed by atoms with Gasteiger partial charge in [0.05, 0.1) is 19.3 Å². The molecular formula is C27H35N3O3SSi. The van der Waals surface area contributed by atoms with E-state index in [4.69, 9.17) is 9.16 Å². The van der Waals surface area contributed by atoms with E-state index in [2.05, 4.69) is 86.3 Å². The van der Waals surface area contributed by atoms with Gasteiger partial charge in [0, 0.05) is 32.4 Å². The molecule has 1 atom stereocenters.